The highest BCUT2D eigenvalue weighted by Crippen LogP contribution is 2.45. The molecule has 0 aliphatic heterocycles. The molecule has 3 atom stereocenters. The van der Waals surface area contributed by atoms with Gasteiger partial charge in [0, 0.05) is 6.20 Å². The van der Waals surface area contributed by atoms with Gasteiger partial charge in [0.25, 0.3) is 0 Å². The number of nitrogens with zero attached hydrogens (tertiary/aromatic N) is 1. The summed E-state index contributed by atoms with van der Waals surface area (Å²) in [4.78, 5) is 17.0. The standard InChI is InChI=1S/C19H25Cl4NO2/c1-18(2,3)14-6-4-5-12(9-14)16(13-7-8-15(20)24-10-13)17(25)26-11-19(21,22)23/h7-8,10,12,14,16H,4-6,9,11H2,1-3H3/t12-,14-,16-/m1/s1. The molecule has 1 aliphatic carbocycles. The average Bonchev–Trinajstić information content (AvgIpc) is 2.54. The molecule has 7 heteroatoms. The van der Waals surface area contributed by atoms with Crippen molar-refractivity contribution in [3.8, 4) is 0 Å². The van der Waals surface area contributed by atoms with Gasteiger partial charge in [-0.05, 0) is 48.1 Å². The number of hydrogen-bond donors (Lipinski definition) is 0. The second kappa shape index (κ2) is 8.86. The highest BCUT2D eigenvalue weighted by Gasteiger charge is 2.39. The summed E-state index contributed by atoms with van der Waals surface area (Å²) in [7, 11) is 0. The fourth-order valence-corrected chi connectivity index (χ4v) is 4.01. The van der Waals surface area contributed by atoms with Gasteiger partial charge in [0.2, 0.25) is 3.79 Å². The number of carbonyl (C=O) groups excluding carboxylic acids is 1. The van der Waals surface area contributed by atoms with Gasteiger partial charge in [-0.3, -0.25) is 4.79 Å². The summed E-state index contributed by atoms with van der Waals surface area (Å²) in [5, 5.41) is 0.387. The molecule has 3 nitrogen and oxygen atoms in total. The quantitative estimate of drug-likeness (QED) is 0.301. The summed E-state index contributed by atoms with van der Waals surface area (Å²) in [6.45, 7) is 6.48. The maximum atomic E-state index is 12.9. The summed E-state index contributed by atoms with van der Waals surface area (Å²) >= 11 is 23.1. The minimum Gasteiger partial charge on any atom is -0.461 e. The van der Waals surface area contributed by atoms with Crippen molar-refractivity contribution in [1.82, 2.24) is 4.98 Å². The molecule has 146 valence electrons. The van der Waals surface area contributed by atoms with Crippen LogP contribution in [-0.2, 0) is 9.53 Å². The lowest BCUT2D eigenvalue weighted by Gasteiger charge is -2.40. The predicted molar refractivity (Wildman–Crippen MR) is 108 cm³/mol. The first kappa shape index (κ1) is 22.1. The van der Waals surface area contributed by atoms with Crippen LogP contribution < -0.4 is 0 Å². The number of hydrogen-bond acceptors (Lipinski definition) is 3. The van der Waals surface area contributed by atoms with E-state index in [1.807, 2.05) is 6.07 Å². The molecule has 1 heterocycles. The van der Waals surface area contributed by atoms with Crippen molar-refractivity contribution in [1.29, 1.82) is 0 Å². The minimum atomic E-state index is -1.63. The van der Waals surface area contributed by atoms with Crippen LogP contribution in [-0.4, -0.2) is 21.4 Å². The lowest BCUT2D eigenvalue weighted by atomic mass is 9.65. The largest absolute Gasteiger partial charge is 0.461 e. The summed E-state index contributed by atoms with van der Waals surface area (Å²) in [5.41, 5.74) is 0.992. The lowest BCUT2D eigenvalue weighted by Crippen LogP contribution is -2.33. The summed E-state index contributed by atoms with van der Waals surface area (Å²) in [6, 6.07) is 3.52. The second-order valence-corrected chi connectivity index (χ2v) is 11.0. The van der Waals surface area contributed by atoms with E-state index >= 15 is 0 Å². The summed E-state index contributed by atoms with van der Waals surface area (Å²) in [5.74, 6) is -0.0962. The van der Waals surface area contributed by atoms with Crippen LogP contribution in [0.25, 0.3) is 0 Å². The highest BCUT2D eigenvalue weighted by molar-refractivity contribution is 6.67. The van der Waals surface area contributed by atoms with E-state index in [1.165, 1.54) is 6.42 Å². The molecule has 1 aromatic rings. The number of aromatic nitrogens is 1. The van der Waals surface area contributed by atoms with Crippen molar-refractivity contribution in [2.45, 2.75) is 56.2 Å². The van der Waals surface area contributed by atoms with Gasteiger partial charge in [0.05, 0.1) is 5.92 Å². The Morgan fingerprint density at radius 1 is 1.27 bits per heavy atom. The van der Waals surface area contributed by atoms with E-state index in [4.69, 9.17) is 51.1 Å². The van der Waals surface area contributed by atoms with Crippen LogP contribution >= 0.6 is 46.4 Å². The molecule has 26 heavy (non-hydrogen) atoms. The highest BCUT2D eigenvalue weighted by atomic mass is 35.6. The number of rotatable bonds is 4. The molecule has 0 saturated heterocycles. The molecule has 0 radical (unpaired) electrons. The van der Waals surface area contributed by atoms with Gasteiger partial charge in [0.15, 0.2) is 0 Å². The third-order valence-electron chi connectivity index (χ3n) is 5.15. The lowest BCUT2D eigenvalue weighted by molar-refractivity contribution is -0.147. The third-order valence-corrected chi connectivity index (χ3v) is 5.70. The molecule has 0 aromatic carbocycles. The zero-order valence-corrected chi connectivity index (χ0v) is 18.3. The molecule has 1 aliphatic rings. The van der Waals surface area contributed by atoms with Crippen LogP contribution in [0.2, 0.25) is 5.15 Å². The fraction of sp³-hybridized carbons (Fsp3) is 0.684. The molecule has 0 spiro atoms. The van der Waals surface area contributed by atoms with Gasteiger partial charge in [-0.2, -0.15) is 0 Å². The monoisotopic (exact) mass is 439 g/mol. The number of halogens is 4. The van der Waals surface area contributed by atoms with Crippen LogP contribution in [0.15, 0.2) is 18.3 Å². The summed E-state index contributed by atoms with van der Waals surface area (Å²) < 4.78 is 3.71. The Kier molecular flexibility index (Phi) is 7.52. The maximum Gasteiger partial charge on any atom is 0.313 e. The molecular weight excluding hydrogens is 416 g/mol. The van der Waals surface area contributed by atoms with Crippen molar-refractivity contribution in [3.63, 3.8) is 0 Å². The van der Waals surface area contributed by atoms with Crippen molar-refractivity contribution < 1.29 is 9.53 Å². The van der Waals surface area contributed by atoms with Gasteiger partial charge in [0.1, 0.15) is 11.8 Å². The van der Waals surface area contributed by atoms with Gasteiger partial charge >= 0.3 is 5.97 Å². The molecule has 0 amide bonds. The number of carbonyl (C=O) groups is 1. The molecule has 2 rings (SSSR count). The molecular formula is C19H25Cl4NO2. The Balaban J connectivity index is 2.25. The average molecular weight is 441 g/mol. The van der Waals surface area contributed by atoms with Gasteiger partial charge in [-0.15, -0.1) is 0 Å². The van der Waals surface area contributed by atoms with Crippen LogP contribution in [0.1, 0.15) is 57.9 Å². The van der Waals surface area contributed by atoms with Crippen LogP contribution in [0.3, 0.4) is 0 Å². The van der Waals surface area contributed by atoms with E-state index in [-0.39, 0.29) is 23.9 Å². The van der Waals surface area contributed by atoms with E-state index in [2.05, 4.69) is 25.8 Å². The van der Waals surface area contributed by atoms with Gasteiger partial charge in [-0.25, -0.2) is 4.98 Å². The smallest absolute Gasteiger partial charge is 0.313 e. The van der Waals surface area contributed by atoms with Crippen LogP contribution in [0, 0.1) is 17.3 Å². The molecule has 1 fully saturated rings. The topological polar surface area (TPSA) is 39.2 Å². The normalized spacial score (nSPS) is 22.7. The first-order valence-electron chi connectivity index (χ1n) is 8.82. The fourth-order valence-electron chi connectivity index (χ4n) is 3.73. The van der Waals surface area contributed by atoms with Gasteiger partial charge in [-0.1, -0.05) is 79.7 Å². The Morgan fingerprint density at radius 3 is 2.50 bits per heavy atom. The van der Waals surface area contributed by atoms with E-state index in [0.717, 1.165) is 24.8 Å². The van der Waals surface area contributed by atoms with E-state index in [0.29, 0.717) is 11.1 Å². The Bertz CT molecular complexity index is 607. The SMILES string of the molecule is CC(C)(C)[C@@H]1CCC[C@@H]([C@@H](C(=O)OCC(Cl)(Cl)Cl)c2ccc(Cl)nc2)C1. The summed E-state index contributed by atoms with van der Waals surface area (Å²) in [6.07, 6.45) is 5.82. The number of pyridine rings is 1. The first-order valence-corrected chi connectivity index (χ1v) is 10.3. The molecule has 1 saturated carbocycles. The zero-order chi connectivity index (χ0) is 19.5. The predicted octanol–water partition coefficient (Wildman–Crippen LogP) is 6.58. The van der Waals surface area contributed by atoms with E-state index < -0.39 is 9.71 Å². The van der Waals surface area contributed by atoms with Gasteiger partial charge < -0.3 is 4.74 Å². The second-order valence-electron chi connectivity index (χ2n) is 8.10. The molecule has 0 unspecified atom stereocenters. The first-order chi connectivity index (χ1) is 12.0. The van der Waals surface area contributed by atoms with E-state index in [1.54, 1.807) is 12.3 Å². The van der Waals surface area contributed by atoms with Crippen molar-refractivity contribution in [3.05, 3.63) is 29.0 Å². The maximum absolute atomic E-state index is 12.9. The van der Waals surface area contributed by atoms with Crippen molar-refractivity contribution in [2.24, 2.45) is 17.3 Å². The van der Waals surface area contributed by atoms with Crippen LogP contribution in [0.4, 0.5) is 0 Å². The van der Waals surface area contributed by atoms with Crippen molar-refractivity contribution in [2.75, 3.05) is 6.61 Å². The Labute approximate surface area is 175 Å². The number of esters is 1. The molecule has 0 bridgehead atoms. The Hall–Kier alpha value is -0.220. The number of ether oxygens (including phenoxy) is 1. The minimum absolute atomic E-state index is 0.166. The molecule has 1 aromatic heterocycles. The van der Waals surface area contributed by atoms with Crippen LogP contribution in [0.5, 0.6) is 0 Å². The zero-order valence-electron chi connectivity index (χ0n) is 15.3. The Morgan fingerprint density at radius 2 is 1.96 bits per heavy atom. The van der Waals surface area contributed by atoms with E-state index in [9.17, 15) is 4.79 Å². The van der Waals surface area contributed by atoms with Crippen molar-refractivity contribution >= 4 is 52.4 Å². The third kappa shape index (κ3) is 6.44. The molecule has 0 N–H and O–H groups in total. The number of alkyl halides is 3.